The average Bonchev–Trinajstić information content (AvgIpc) is 3.60. The molecule has 202 valence electrons. The second-order valence-electron chi connectivity index (χ2n) is 8.95. The smallest absolute Gasteiger partial charge is 0.308 e. The maximum absolute atomic E-state index is 13.0. The number of hydrogen-bond acceptors (Lipinski definition) is 9. The first-order valence-corrected chi connectivity index (χ1v) is 13.3. The minimum absolute atomic E-state index is 0.0879. The Balaban J connectivity index is 1.65. The van der Waals surface area contributed by atoms with Crippen LogP contribution in [0.2, 0.25) is 0 Å². The number of fused-ring (bicyclic) bond motifs is 1. The SMILES string of the molecule is COc1cc(OC)cc(N(Cc2nccn2S(=O)(=O)N(C)C)c2cc3cc(-c4cnn(C)c4)cnc3cn2)c1. The molecule has 0 aliphatic carbocycles. The van der Waals surface area contributed by atoms with Crippen LogP contribution in [0.5, 0.6) is 11.5 Å². The van der Waals surface area contributed by atoms with Crippen LogP contribution < -0.4 is 14.4 Å². The normalized spacial score (nSPS) is 11.7. The fourth-order valence-electron chi connectivity index (χ4n) is 4.11. The number of imidazole rings is 1. The first-order valence-electron chi connectivity index (χ1n) is 11.9. The summed E-state index contributed by atoms with van der Waals surface area (Å²) in [6, 6.07) is 9.34. The van der Waals surface area contributed by atoms with Gasteiger partial charge < -0.3 is 14.4 Å². The molecule has 0 radical (unpaired) electrons. The second kappa shape index (κ2) is 10.3. The quantitative estimate of drug-likeness (QED) is 0.273. The summed E-state index contributed by atoms with van der Waals surface area (Å²) in [5.74, 6) is 1.99. The van der Waals surface area contributed by atoms with Gasteiger partial charge in [-0.05, 0) is 12.1 Å². The molecule has 13 heteroatoms. The molecule has 5 aromatic rings. The van der Waals surface area contributed by atoms with Crippen molar-refractivity contribution in [1.82, 2.24) is 33.0 Å². The van der Waals surface area contributed by atoms with Crippen LogP contribution in [0.15, 0.2) is 67.5 Å². The fraction of sp³-hybridized carbons (Fsp3) is 0.231. The standard InChI is InChI=1S/C26H28N8O4S/c1-31(2)39(35,36)34-7-6-27-26(34)17-33(21-10-22(37-4)12-23(11-21)38-5)25-9-18-8-19(13-28-24(18)15-29-25)20-14-30-32(3)16-20/h6-16H,17H2,1-5H3. The summed E-state index contributed by atoms with van der Waals surface area (Å²) in [6.45, 7) is 0.0879. The summed E-state index contributed by atoms with van der Waals surface area (Å²) in [7, 11) is 4.15. The third-order valence-corrected chi connectivity index (χ3v) is 7.96. The van der Waals surface area contributed by atoms with E-state index in [0.29, 0.717) is 34.3 Å². The third kappa shape index (κ3) is 5.13. The van der Waals surface area contributed by atoms with E-state index in [1.165, 1.54) is 26.5 Å². The minimum Gasteiger partial charge on any atom is -0.497 e. The van der Waals surface area contributed by atoms with Gasteiger partial charge in [0.2, 0.25) is 0 Å². The molecule has 4 aromatic heterocycles. The molecule has 0 bridgehead atoms. The molecule has 0 saturated heterocycles. The number of anilines is 2. The molecule has 0 spiro atoms. The average molecular weight is 549 g/mol. The van der Waals surface area contributed by atoms with Crippen LogP contribution in [-0.4, -0.2) is 69.7 Å². The highest BCUT2D eigenvalue weighted by atomic mass is 32.2. The van der Waals surface area contributed by atoms with Gasteiger partial charge in [0.15, 0.2) is 0 Å². The lowest BCUT2D eigenvalue weighted by Gasteiger charge is -2.25. The van der Waals surface area contributed by atoms with Crippen LogP contribution in [0.25, 0.3) is 22.0 Å². The number of ether oxygens (including phenoxy) is 2. The second-order valence-corrected chi connectivity index (χ2v) is 11.0. The maximum Gasteiger partial charge on any atom is 0.308 e. The van der Waals surface area contributed by atoms with Crippen LogP contribution in [-0.2, 0) is 23.8 Å². The summed E-state index contributed by atoms with van der Waals surface area (Å²) < 4.78 is 41.0. The Hall–Kier alpha value is -4.49. The van der Waals surface area contributed by atoms with Crippen LogP contribution in [0.1, 0.15) is 5.82 Å². The molecule has 0 N–H and O–H groups in total. The Morgan fingerprint density at radius 3 is 2.28 bits per heavy atom. The number of hydrogen-bond donors (Lipinski definition) is 0. The summed E-state index contributed by atoms with van der Waals surface area (Å²) in [6.07, 6.45) is 10.1. The predicted octanol–water partition coefficient (Wildman–Crippen LogP) is 3.24. The van der Waals surface area contributed by atoms with Gasteiger partial charge in [0.25, 0.3) is 0 Å². The summed E-state index contributed by atoms with van der Waals surface area (Å²) in [5.41, 5.74) is 3.24. The van der Waals surface area contributed by atoms with Gasteiger partial charge in [-0.1, -0.05) is 0 Å². The molecule has 0 fully saturated rings. The molecular formula is C26H28N8O4S. The van der Waals surface area contributed by atoms with Crippen LogP contribution in [0.3, 0.4) is 0 Å². The number of nitrogens with zero attached hydrogens (tertiary/aromatic N) is 8. The highest BCUT2D eigenvalue weighted by Crippen LogP contribution is 2.34. The number of aromatic nitrogens is 6. The highest BCUT2D eigenvalue weighted by Gasteiger charge is 2.23. The van der Waals surface area contributed by atoms with E-state index >= 15 is 0 Å². The van der Waals surface area contributed by atoms with Crippen molar-refractivity contribution in [3.05, 3.63) is 73.3 Å². The van der Waals surface area contributed by atoms with E-state index in [9.17, 15) is 8.42 Å². The van der Waals surface area contributed by atoms with Crippen molar-refractivity contribution in [1.29, 1.82) is 0 Å². The van der Waals surface area contributed by atoms with Crippen molar-refractivity contribution >= 4 is 32.6 Å². The van der Waals surface area contributed by atoms with Gasteiger partial charge in [0.1, 0.15) is 23.1 Å². The highest BCUT2D eigenvalue weighted by molar-refractivity contribution is 7.87. The number of pyridine rings is 2. The Bertz CT molecular complexity index is 1720. The van der Waals surface area contributed by atoms with Crippen molar-refractivity contribution in [2.45, 2.75) is 6.54 Å². The van der Waals surface area contributed by atoms with Crippen molar-refractivity contribution in [2.24, 2.45) is 7.05 Å². The molecule has 1 aromatic carbocycles. The minimum atomic E-state index is -3.80. The fourth-order valence-corrected chi connectivity index (χ4v) is 5.04. The predicted molar refractivity (Wildman–Crippen MR) is 147 cm³/mol. The molecule has 39 heavy (non-hydrogen) atoms. The lowest BCUT2D eigenvalue weighted by molar-refractivity contribution is 0.394. The Morgan fingerprint density at radius 1 is 0.897 bits per heavy atom. The zero-order chi connectivity index (χ0) is 27.7. The van der Waals surface area contributed by atoms with Crippen molar-refractivity contribution in [3.63, 3.8) is 0 Å². The van der Waals surface area contributed by atoms with E-state index in [4.69, 9.17) is 9.47 Å². The van der Waals surface area contributed by atoms with Crippen molar-refractivity contribution < 1.29 is 17.9 Å². The Labute approximate surface area is 226 Å². The molecular weight excluding hydrogens is 520 g/mol. The summed E-state index contributed by atoms with van der Waals surface area (Å²) in [4.78, 5) is 15.5. The Morgan fingerprint density at radius 2 is 1.64 bits per heavy atom. The lowest BCUT2D eigenvalue weighted by Crippen LogP contribution is -2.31. The van der Waals surface area contributed by atoms with Gasteiger partial charge in [-0.2, -0.15) is 17.8 Å². The van der Waals surface area contributed by atoms with Gasteiger partial charge in [-0.3, -0.25) is 9.67 Å². The molecule has 12 nitrogen and oxygen atoms in total. The molecule has 0 atom stereocenters. The van der Waals surface area contributed by atoms with E-state index in [0.717, 1.165) is 24.8 Å². The van der Waals surface area contributed by atoms with E-state index in [2.05, 4.69) is 20.1 Å². The van der Waals surface area contributed by atoms with E-state index in [-0.39, 0.29) is 6.54 Å². The first kappa shape index (κ1) is 26.1. The van der Waals surface area contributed by atoms with Gasteiger partial charge >= 0.3 is 10.2 Å². The topological polar surface area (TPSA) is 120 Å². The molecule has 0 saturated carbocycles. The van der Waals surface area contributed by atoms with Crippen LogP contribution >= 0.6 is 0 Å². The van der Waals surface area contributed by atoms with E-state index in [1.54, 1.807) is 43.6 Å². The maximum atomic E-state index is 13.0. The number of rotatable bonds is 9. The first-order chi connectivity index (χ1) is 18.7. The molecule has 0 aliphatic heterocycles. The number of methoxy groups -OCH3 is 2. The monoisotopic (exact) mass is 548 g/mol. The van der Waals surface area contributed by atoms with Gasteiger partial charge in [-0.25, -0.2) is 13.9 Å². The largest absolute Gasteiger partial charge is 0.497 e. The lowest BCUT2D eigenvalue weighted by atomic mass is 10.1. The molecule has 4 heterocycles. The number of benzene rings is 1. The van der Waals surface area contributed by atoms with Crippen LogP contribution in [0.4, 0.5) is 11.5 Å². The van der Waals surface area contributed by atoms with Gasteiger partial charge in [-0.15, -0.1) is 0 Å². The molecule has 0 aliphatic rings. The van der Waals surface area contributed by atoms with Gasteiger partial charge in [0.05, 0.1) is 44.4 Å². The summed E-state index contributed by atoms with van der Waals surface area (Å²) in [5, 5.41) is 5.11. The van der Waals surface area contributed by atoms with Gasteiger partial charge in [0, 0.05) is 80.6 Å². The van der Waals surface area contributed by atoms with Crippen molar-refractivity contribution in [3.8, 4) is 22.6 Å². The van der Waals surface area contributed by atoms with Crippen LogP contribution in [0, 0.1) is 0 Å². The molecule has 5 rings (SSSR count). The molecule has 0 amide bonds. The van der Waals surface area contributed by atoms with Crippen molar-refractivity contribution in [2.75, 3.05) is 33.2 Å². The zero-order valence-electron chi connectivity index (χ0n) is 22.2. The van der Waals surface area contributed by atoms with E-state index < -0.39 is 10.2 Å². The van der Waals surface area contributed by atoms with E-state index in [1.807, 2.05) is 42.4 Å². The Kier molecular flexibility index (Phi) is 6.93. The number of aryl methyl sites for hydroxylation is 1. The summed E-state index contributed by atoms with van der Waals surface area (Å²) >= 11 is 0. The zero-order valence-corrected chi connectivity index (χ0v) is 23.0. The molecule has 0 unspecified atom stereocenters. The third-order valence-electron chi connectivity index (χ3n) is 6.21.